The van der Waals surface area contributed by atoms with E-state index in [9.17, 15) is 14.7 Å². The lowest BCUT2D eigenvalue weighted by atomic mass is 10.2. The average Bonchev–Trinajstić information content (AvgIpc) is 3.06. The maximum Gasteiger partial charge on any atom is 0.222 e. The first-order chi connectivity index (χ1) is 21.8. The number of hydrogen-bond donors (Lipinski definition) is 1. The minimum atomic E-state index is 0.139. The molecule has 9 heteroatoms. The van der Waals surface area contributed by atoms with Crippen molar-refractivity contribution in [3.05, 3.63) is 115 Å². The van der Waals surface area contributed by atoms with Gasteiger partial charge in [0.25, 0.3) is 0 Å². The van der Waals surface area contributed by atoms with Crippen molar-refractivity contribution >= 4 is 35.3 Å². The Morgan fingerprint density at radius 1 is 0.733 bits per heavy atom. The van der Waals surface area contributed by atoms with Gasteiger partial charge in [-0.05, 0) is 84.0 Å². The number of pyridine rings is 1. The average molecular weight is 646 g/mol. The molecule has 0 saturated heterocycles. The second kappa shape index (κ2) is 20.2. The van der Waals surface area contributed by atoms with Crippen molar-refractivity contribution in [1.82, 2.24) is 14.8 Å². The highest BCUT2D eigenvalue weighted by Crippen LogP contribution is 2.24. The number of hydrogen-bond acceptors (Lipinski definition) is 7. The number of methoxy groups -OCH3 is 1. The van der Waals surface area contributed by atoms with Crippen LogP contribution >= 0.6 is 23.5 Å². The van der Waals surface area contributed by atoms with Crippen molar-refractivity contribution in [1.29, 1.82) is 0 Å². The summed E-state index contributed by atoms with van der Waals surface area (Å²) in [7, 11) is 5.35. The van der Waals surface area contributed by atoms with E-state index in [1.165, 1.54) is 4.90 Å². The van der Waals surface area contributed by atoms with Crippen molar-refractivity contribution in [3.8, 4) is 11.5 Å². The molecular formula is C36H43N3O4S2. The van der Waals surface area contributed by atoms with Crippen molar-refractivity contribution < 1.29 is 19.4 Å². The summed E-state index contributed by atoms with van der Waals surface area (Å²) in [6, 6.07) is 29.1. The number of nitrogens with zero attached hydrogens (tertiary/aromatic N) is 3. The lowest BCUT2D eigenvalue weighted by molar-refractivity contribution is -0.131. The Morgan fingerprint density at radius 3 is 1.91 bits per heavy atom. The number of aromatic nitrogens is 1. The number of phenols is 1. The molecule has 1 N–H and O–H groups in total. The summed E-state index contributed by atoms with van der Waals surface area (Å²) in [5, 5.41) is 9.39. The fraction of sp³-hybridized carbons (Fsp3) is 0.306. The summed E-state index contributed by atoms with van der Waals surface area (Å²) in [5.41, 5.74) is 2.20. The third-order valence-corrected chi connectivity index (χ3v) is 8.92. The molecule has 0 atom stereocenters. The van der Waals surface area contributed by atoms with Crippen LogP contribution in [0.3, 0.4) is 0 Å². The van der Waals surface area contributed by atoms with E-state index in [4.69, 9.17) is 4.74 Å². The van der Waals surface area contributed by atoms with Crippen LogP contribution in [0.2, 0.25) is 0 Å². The Balaban J connectivity index is 0.000000246. The molecule has 4 rings (SSSR count). The second-order valence-corrected chi connectivity index (χ2v) is 12.8. The number of thioether (sulfide) groups is 2. The number of carbonyl (C=O) groups is 2. The molecule has 7 nitrogen and oxygen atoms in total. The molecule has 4 aromatic rings. The van der Waals surface area contributed by atoms with Gasteiger partial charge in [-0.25, -0.2) is 0 Å². The predicted molar refractivity (Wildman–Crippen MR) is 185 cm³/mol. The number of rotatable bonds is 15. The van der Waals surface area contributed by atoms with E-state index in [1.54, 1.807) is 65.0 Å². The van der Waals surface area contributed by atoms with Gasteiger partial charge in [0.1, 0.15) is 11.5 Å². The molecule has 0 aliphatic carbocycles. The maximum atomic E-state index is 12.1. The molecule has 0 radical (unpaired) electrons. The van der Waals surface area contributed by atoms with Crippen LogP contribution < -0.4 is 4.74 Å². The summed E-state index contributed by atoms with van der Waals surface area (Å²) in [6.45, 7) is 1.26. The van der Waals surface area contributed by atoms with E-state index in [-0.39, 0.29) is 17.6 Å². The van der Waals surface area contributed by atoms with Crippen LogP contribution in [-0.4, -0.2) is 64.4 Å². The Hall–Kier alpha value is -3.95. The summed E-state index contributed by atoms with van der Waals surface area (Å²) in [5.74, 6) is 3.28. The Bertz CT molecular complexity index is 1420. The number of carbonyl (C=O) groups excluding carboxylic acids is 2. The molecule has 1 aromatic heterocycles. The van der Waals surface area contributed by atoms with Crippen molar-refractivity contribution in [2.24, 2.45) is 0 Å². The fourth-order valence-corrected chi connectivity index (χ4v) is 6.01. The first kappa shape index (κ1) is 35.5. The maximum absolute atomic E-state index is 12.1. The SMILES string of the molecule is CN(Cc1cccnc1)C(=O)CCCSc1cccc(O)c1.COc1ccc(SCCCC(=O)N(C)Cc2ccccc2)cc1. The van der Waals surface area contributed by atoms with Gasteiger partial charge >= 0.3 is 0 Å². The van der Waals surface area contributed by atoms with Gasteiger partial charge in [0.2, 0.25) is 11.8 Å². The van der Waals surface area contributed by atoms with Gasteiger partial charge in [-0.15, -0.1) is 23.5 Å². The van der Waals surface area contributed by atoms with Crippen LogP contribution in [0.15, 0.2) is 113 Å². The fourth-order valence-electron chi connectivity index (χ4n) is 4.25. The molecule has 0 aliphatic rings. The van der Waals surface area contributed by atoms with E-state index in [1.807, 2.05) is 93.0 Å². The summed E-state index contributed by atoms with van der Waals surface area (Å²) >= 11 is 3.42. The molecule has 3 aromatic carbocycles. The molecule has 0 unspecified atom stereocenters. The number of aromatic hydroxyl groups is 1. The number of benzene rings is 3. The highest BCUT2D eigenvalue weighted by Gasteiger charge is 2.10. The van der Waals surface area contributed by atoms with E-state index in [2.05, 4.69) is 4.98 Å². The molecule has 0 fully saturated rings. The van der Waals surface area contributed by atoms with Gasteiger partial charge in [-0.2, -0.15) is 0 Å². The van der Waals surface area contributed by atoms with Gasteiger partial charge in [0, 0.05) is 62.2 Å². The molecule has 0 spiro atoms. The topological polar surface area (TPSA) is 83.0 Å². The zero-order valence-corrected chi connectivity index (χ0v) is 27.9. The largest absolute Gasteiger partial charge is 0.508 e. The van der Waals surface area contributed by atoms with Crippen LogP contribution in [0.5, 0.6) is 11.5 Å². The minimum Gasteiger partial charge on any atom is -0.508 e. The van der Waals surface area contributed by atoms with E-state index >= 15 is 0 Å². The highest BCUT2D eigenvalue weighted by molar-refractivity contribution is 7.99. The summed E-state index contributed by atoms with van der Waals surface area (Å²) < 4.78 is 5.14. The molecular weight excluding hydrogens is 603 g/mol. The molecule has 0 aliphatic heterocycles. The first-order valence-corrected chi connectivity index (χ1v) is 16.9. The Morgan fingerprint density at radius 2 is 1.33 bits per heavy atom. The zero-order chi connectivity index (χ0) is 32.3. The van der Waals surface area contributed by atoms with E-state index < -0.39 is 0 Å². The lowest BCUT2D eigenvalue weighted by Gasteiger charge is -2.17. The standard InChI is InChI=1S/C19H23NO2S.C17H20N2O2S/c1-20(15-16-7-4-3-5-8-16)19(21)9-6-14-23-18-12-10-17(22-2)11-13-18;1-19(13-14-5-3-9-18-12-14)17(21)8-4-10-22-16-7-2-6-15(20)11-16/h3-5,7-8,10-13H,6,9,14-15H2,1-2H3;2-3,5-7,9,11-12,20H,4,8,10,13H2,1H3. The minimum absolute atomic E-state index is 0.139. The van der Waals surface area contributed by atoms with Crippen LogP contribution in [0, 0.1) is 0 Å². The van der Waals surface area contributed by atoms with Crippen LogP contribution in [0.25, 0.3) is 0 Å². The molecule has 238 valence electrons. The first-order valence-electron chi connectivity index (χ1n) is 14.9. The van der Waals surface area contributed by atoms with Gasteiger partial charge in [-0.1, -0.05) is 42.5 Å². The number of amides is 2. The molecule has 1 heterocycles. The van der Waals surface area contributed by atoms with Gasteiger partial charge in [0.05, 0.1) is 7.11 Å². The van der Waals surface area contributed by atoms with Gasteiger partial charge < -0.3 is 19.6 Å². The Labute approximate surface area is 276 Å². The Kier molecular flexibility index (Phi) is 15.9. The van der Waals surface area contributed by atoms with Gasteiger partial charge in [-0.3, -0.25) is 14.6 Å². The van der Waals surface area contributed by atoms with Crippen LogP contribution in [0.4, 0.5) is 0 Å². The smallest absolute Gasteiger partial charge is 0.222 e. The second-order valence-electron chi connectivity index (χ2n) is 10.4. The third-order valence-electron chi connectivity index (χ3n) is 6.74. The van der Waals surface area contributed by atoms with Crippen molar-refractivity contribution in [2.45, 2.75) is 48.6 Å². The highest BCUT2D eigenvalue weighted by atomic mass is 32.2. The summed E-state index contributed by atoms with van der Waals surface area (Å²) in [4.78, 5) is 34.0. The third kappa shape index (κ3) is 14.1. The van der Waals surface area contributed by atoms with Crippen molar-refractivity contribution in [2.75, 3.05) is 32.7 Å². The van der Waals surface area contributed by atoms with Gasteiger partial charge in [0.15, 0.2) is 0 Å². The molecule has 2 amide bonds. The predicted octanol–water partition coefficient (Wildman–Crippen LogP) is 7.54. The van der Waals surface area contributed by atoms with E-state index in [0.29, 0.717) is 25.9 Å². The number of ether oxygens (including phenoxy) is 1. The normalized spacial score (nSPS) is 10.4. The van der Waals surface area contributed by atoms with Crippen LogP contribution in [-0.2, 0) is 22.7 Å². The zero-order valence-electron chi connectivity index (χ0n) is 26.3. The van der Waals surface area contributed by atoms with Crippen molar-refractivity contribution in [3.63, 3.8) is 0 Å². The van der Waals surface area contributed by atoms with E-state index in [0.717, 1.165) is 46.1 Å². The van der Waals surface area contributed by atoms with Crippen LogP contribution in [0.1, 0.15) is 36.8 Å². The lowest BCUT2D eigenvalue weighted by Crippen LogP contribution is -2.26. The molecule has 45 heavy (non-hydrogen) atoms. The monoisotopic (exact) mass is 645 g/mol. The molecule has 0 bridgehead atoms. The quantitative estimate of drug-likeness (QED) is 0.106. The molecule has 0 saturated carbocycles. The number of phenolic OH excluding ortho intramolecular Hbond substituents is 1. The summed E-state index contributed by atoms with van der Waals surface area (Å²) in [6.07, 6.45) is 6.33.